The van der Waals surface area contributed by atoms with E-state index in [0.29, 0.717) is 0 Å². The van der Waals surface area contributed by atoms with Gasteiger partial charge in [-0.2, -0.15) is 0 Å². The zero-order valence-electron chi connectivity index (χ0n) is 17.3. The first-order chi connectivity index (χ1) is 15.0. The number of hydrogen-bond donors (Lipinski definition) is 0. The second kappa shape index (κ2) is 7.60. The Bertz CT molecular complexity index is 1340. The lowest BCUT2D eigenvalue weighted by atomic mass is 9.98. The molecule has 0 atom stereocenters. The lowest BCUT2D eigenvalue weighted by Crippen LogP contribution is -1.90. The van der Waals surface area contributed by atoms with Crippen molar-refractivity contribution in [2.75, 3.05) is 0 Å². The van der Waals surface area contributed by atoms with E-state index in [1.165, 1.54) is 20.2 Å². The van der Waals surface area contributed by atoms with E-state index in [9.17, 15) is 9.59 Å². The Balaban J connectivity index is 1.60. The topological polar surface area (TPSA) is 34.1 Å². The van der Waals surface area contributed by atoms with Crippen LogP contribution in [-0.4, -0.2) is 11.6 Å². The number of carbonyl (C=O) groups excluding carboxylic acids is 2. The van der Waals surface area contributed by atoms with Crippen molar-refractivity contribution in [1.82, 2.24) is 0 Å². The summed E-state index contributed by atoms with van der Waals surface area (Å²) in [7, 11) is 0. The standard InChI is InChI=1S/C28H20O2S/c1-17(29)19-3-7-21(8-4-19)23-11-13-27-25(15-23)26-16-24(12-14-28(26)31-27)22-9-5-20(6-10-22)18(2)30/h3-16H,1-2H3. The van der Waals surface area contributed by atoms with Gasteiger partial charge in [0, 0.05) is 31.3 Å². The van der Waals surface area contributed by atoms with Gasteiger partial charge in [-0.25, -0.2) is 0 Å². The van der Waals surface area contributed by atoms with E-state index in [0.717, 1.165) is 33.4 Å². The molecule has 0 bridgehead atoms. The molecule has 0 saturated carbocycles. The van der Waals surface area contributed by atoms with Crippen LogP contribution in [0.3, 0.4) is 0 Å². The van der Waals surface area contributed by atoms with Crippen molar-refractivity contribution in [2.24, 2.45) is 0 Å². The molecule has 0 saturated heterocycles. The molecule has 1 aromatic heterocycles. The molecule has 0 aliphatic carbocycles. The minimum absolute atomic E-state index is 0.0784. The van der Waals surface area contributed by atoms with Gasteiger partial charge < -0.3 is 0 Å². The minimum atomic E-state index is 0.0784. The maximum atomic E-state index is 11.6. The summed E-state index contributed by atoms with van der Waals surface area (Å²) in [5.74, 6) is 0.157. The summed E-state index contributed by atoms with van der Waals surface area (Å²) in [5, 5.41) is 2.46. The summed E-state index contributed by atoms with van der Waals surface area (Å²) >= 11 is 1.79. The highest BCUT2D eigenvalue weighted by Gasteiger charge is 2.10. The van der Waals surface area contributed by atoms with Gasteiger partial charge in [-0.05, 0) is 60.4 Å². The van der Waals surface area contributed by atoms with E-state index in [2.05, 4.69) is 36.4 Å². The van der Waals surface area contributed by atoms with Gasteiger partial charge in [-0.1, -0.05) is 60.7 Å². The normalized spacial score (nSPS) is 11.2. The Kier molecular flexibility index (Phi) is 4.76. The van der Waals surface area contributed by atoms with Crippen LogP contribution in [0, 0.1) is 0 Å². The van der Waals surface area contributed by atoms with Crippen molar-refractivity contribution in [3.63, 3.8) is 0 Å². The molecule has 0 N–H and O–H groups in total. The van der Waals surface area contributed by atoms with Gasteiger partial charge in [0.2, 0.25) is 0 Å². The van der Waals surface area contributed by atoms with Crippen LogP contribution in [-0.2, 0) is 0 Å². The lowest BCUT2D eigenvalue weighted by Gasteiger charge is -2.05. The van der Waals surface area contributed by atoms with E-state index >= 15 is 0 Å². The van der Waals surface area contributed by atoms with E-state index in [-0.39, 0.29) is 11.6 Å². The van der Waals surface area contributed by atoms with Crippen molar-refractivity contribution in [1.29, 1.82) is 0 Å². The third-order valence-electron chi connectivity index (χ3n) is 5.72. The molecule has 5 rings (SSSR count). The summed E-state index contributed by atoms with van der Waals surface area (Å²) in [4.78, 5) is 23.1. The number of Topliss-reactive ketones (excluding diaryl/α,β-unsaturated/α-hetero) is 2. The second-order valence-corrected chi connectivity index (χ2v) is 8.87. The van der Waals surface area contributed by atoms with Crippen molar-refractivity contribution in [3.8, 4) is 22.3 Å². The highest BCUT2D eigenvalue weighted by molar-refractivity contribution is 7.25. The zero-order valence-corrected chi connectivity index (χ0v) is 18.1. The van der Waals surface area contributed by atoms with E-state index in [4.69, 9.17) is 0 Å². The van der Waals surface area contributed by atoms with Crippen molar-refractivity contribution in [2.45, 2.75) is 13.8 Å². The highest BCUT2D eigenvalue weighted by atomic mass is 32.1. The summed E-state index contributed by atoms with van der Waals surface area (Å²) in [6, 6.07) is 28.7. The van der Waals surface area contributed by atoms with Crippen LogP contribution in [0.25, 0.3) is 42.4 Å². The van der Waals surface area contributed by atoms with Crippen molar-refractivity contribution >= 4 is 43.1 Å². The average Bonchev–Trinajstić information content (AvgIpc) is 3.16. The fraction of sp³-hybridized carbons (Fsp3) is 0.0714. The van der Waals surface area contributed by atoms with Gasteiger partial charge in [0.25, 0.3) is 0 Å². The van der Waals surface area contributed by atoms with Crippen LogP contribution in [0.1, 0.15) is 34.6 Å². The molecule has 4 aromatic carbocycles. The molecular weight excluding hydrogens is 400 g/mol. The molecule has 31 heavy (non-hydrogen) atoms. The summed E-state index contributed by atoms with van der Waals surface area (Å²) in [6.45, 7) is 3.17. The third-order valence-corrected chi connectivity index (χ3v) is 6.87. The lowest BCUT2D eigenvalue weighted by molar-refractivity contribution is 0.100. The Morgan fingerprint density at radius 3 is 1.23 bits per heavy atom. The zero-order chi connectivity index (χ0) is 21.5. The fourth-order valence-electron chi connectivity index (χ4n) is 3.93. The predicted molar refractivity (Wildman–Crippen MR) is 130 cm³/mol. The number of thiophene rings is 1. The van der Waals surface area contributed by atoms with E-state index in [1.807, 2.05) is 48.5 Å². The van der Waals surface area contributed by atoms with Crippen LogP contribution in [0.15, 0.2) is 84.9 Å². The average molecular weight is 421 g/mol. The van der Waals surface area contributed by atoms with Crippen LogP contribution >= 0.6 is 11.3 Å². The number of carbonyl (C=O) groups is 2. The first-order valence-electron chi connectivity index (χ1n) is 10.2. The monoisotopic (exact) mass is 420 g/mol. The molecule has 0 spiro atoms. The summed E-state index contributed by atoms with van der Waals surface area (Å²) in [6.07, 6.45) is 0. The summed E-state index contributed by atoms with van der Waals surface area (Å²) in [5.41, 5.74) is 5.93. The Hall–Kier alpha value is -3.56. The van der Waals surface area contributed by atoms with Gasteiger partial charge in [0.15, 0.2) is 11.6 Å². The second-order valence-electron chi connectivity index (χ2n) is 7.79. The number of rotatable bonds is 4. The first-order valence-corrected chi connectivity index (χ1v) is 11.0. The predicted octanol–water partition coefficient (Wildman–Crippen LogP) is 7.79. The molecule has 2 nitrogen and oxygen atoms in total. The molecule has 0 aliphatic rings. The molecular formula is C28H20O2S. The smallest absolute Gasteiger partial charge is 0.159 e. The quantitative estimate of drug-likeness (QED) is 0.278. The molecule has 5 aromatic rings. The van der Waals surface area contributed by atoms with Crippen LogP contribution in [0.5, 0.6) is 0 Å². The van der Waals surface area contributed by atoms with Crippen LogP contribution < -0.4 is 0 Å². The number of fused-ring (bicyclic) bond motifs is 3. The van der Waals surface area contributed by atoms with Crippen molar-refractivity contribution < 1.29 is 9.59 Å². The third kappa shape index (κ3) is 3.58. The number of ketones is 2. The fourth-order valence-corrected chi connectivity index (χ4v) is 5.00. The molecule has 3 heteroatoms. The Labute approximate surface area is 184 Å². The minimum Gasteiger partial charge on any atom is -0.295 e. The molecule has 0 fully saturated rings. The maximum Gasteiger partial charge on any atom is 0.159 e. The largest absolute Gasteiger partial charge is 0.295 e. The molecule has 150 valence electrons. The van der Waals surface area contributed by atoms with Gasteiger partial charge in [0.1, 0.15) is 0 Å². The maximum absolute atomic E-state index is 11.6. The molecule has 1 heterocycles. The number of hydrogen-bond acceptors (Lipinski definition) is 3. The van der Waals surface area contributed by atoms with Gasteiger partial charge in [0.05, 0.1) is 0 Å². The number of benzene rings is 4. The molecule has 0 aliphatic heterocycles. The van der Waals surface area contributed by atoms with Crippen molar-refractivity contribution in [3.05, 3.63) is 96.1 Å². The van der Waals surface area contributed by atoms with Gasteiger partial charge in [-0.3, -0.25) is 9.59 Å². The first kappa shape index (κ1) is 19.4. The summed E-state index contributed by atoms with van der Waals surface area (Å²) < 4.78 is 2.51. The van der Waals surface area contributed by atoms with Crippen LogP contribution in [0.2, 0.25) is 0 Å². The molecule has 0 unspecified atom stereocenters. The van der Waals surface area contributed by atoms with E-state index < -0.39 is 0 Å². The highest BCUT2D eigenvalue weighted by Crippen LogP contribution is 2.38. The van der Waals surface area contributed by atoms with Gasteiger partial charge >= 0.3 is 0 Å². The Morgan fingerprint density at radius 2 is 0.871 bits per heavy atom. The van der Waals surface area contributed by atoms with E-state index in [1.54, 1.807) is 25.2 Å². The van der Waals surface area contributed by atoms with Crippen LogP contribution in [0.4, 0.5) is 0 Å². The van der Waals surface area contributed by atoms with Gasteiger partial charge in [-0.15, -0.1) is 11.3 Å². The SMILES string of the molecule is CC(=O)c1ccc(-c2ccc3sc4ccc(-c5ccc(C(C)=O)cc5)cc4c3c2)cc1. The molecule has 0 amide bonds. The molecule has 0 radical (unpaired) electrons. The Morgan fingerprint density at radius 1 is 0.516 bits per heavy atom.